The second-order valence-corrected chi connectivity index (χ2v) is 5.13. The smallest absolute Gasteiger partial charge is 0.203 e. The molecule has 0 radical (unpaired) electrons. The number of benzene rings is 1. The Labute approximate surface area is 132 Å². The maximum absolute atomic E-state index is 6.03. The fourth-order valence-corrected chi connectivity index (χ4v) is 2.76. The van der Waals surface area contributed by atoms with Gasteiger partial charge in [0.2, 0.25) is 5.75 Å². The highest BCUT2D eigenvalue weighted by molar-refractivity contribution is 5.85. The van der Waals surface area contributed by atoms with E-state index in [2.05, 4.69) is 4.90 Å². The summed E-state index contributed by atoms with van der Waals surface area (Å²) in [4.78, 5) is 2.36. The highest BCUT2D eigenvalue weighted by atomic mass is 35.5. The summed E-state index contributed by atoms with van der Waals surface area (Å²) in [7, 11) is 4.91. The molecule has 1 fully saturated rings. The Morgan fingerprint density at radius 3 is 2.43 bits per heavy atom. The molecule has 1 unspecified atom stereocenters. The van der Waals surface area contributed by atoms with Gasteiger partial charge in [0.05, 0.1) is 21.3 Å². The van der Waals surface area contributed by atoms with Crippen LogP contribution in [-0.2, 0) is 6.54 Å². The summed E-state index contributed by atoms with van der Waals surface area (Å²) in [5.41, 5.74) is 7.13. The van der Waals surface area contributed by atoms with Crippen molar-refractivity contribution in [2.45, 2.75) is 25.4 Å². The van der Waals surface area contributed by atoms with Gasteiger partial charge in [-0.3, -0.25) is 4.90 Å². The number of rotatable bonds is 5. The molecule has 0 amide bonds. The molecule has 0 saturated carbocycles. The van der Waals surface area contributed by atoms with E-state index >= 15 is 0 Å². The first kappa shape index (κ1) is 17.9. The number of methoxy groups -OCH3 is 3. The lowest BCUT2D eigenvalue weighted by molar-refractivity contribution is 0.198. The zero-order valence-electron chi connectivity index (χ0n) is 12.9. The zero-order chi connectivity index (χ0) is 14.5. The van der Waals surface area contributed by atoms with Crippen LogP contribution in [0.1, 0.15) is 18.4 Å². The number of hydrogen-bond acceptors (Lipinski definition) is 5. The third-order valence-electron chi connectivity index (χ3n) is 3.72. The van der Waals surface area contributed by atoms with Crippen LogP contribution in [0.2, 0.25) is 0 Å². The molecule has 0 aromatic heterocycles. The summed E-state index contributed by atoms with van der Waals surface area (Å²) in [5, 5.41) is 0. The van der Waals surface area contributed by atoms with Crippen LogP contribution in [0.5, 0.6) is 17.2 Å². The second kappa shape index (κ2) is 8.32. The van der Waals surface area contributed by atoms with Gasteiger partial charge in [0.15, 0.2) is 11.5 Å². The molecule has 2 rings (SSSR count). The van der Waals surface area contributed by atoms with Crippen LogP contribution in [0.4, 0.5) is 0 Å². The van der Waals surface area contributed by atoms with Gasteiger partial charge in [-0.2, -0.15) is 0 Å². The lowest BCUT2D eigenvalue weighted by atomic mass is 10.1. The lowest BCUT2D eigenvalue weighted by Gasteiger charge is -2.31. The number of hydrogen-bond donors (Lipinski definition) is 1. The van der Waals surface area contributed by atoms with E-state index in [1.165, 1.54) is 0 Å². The molecule has 1 aromatic rings. The van der Waals surface area contributed by atoms with Gasteiger partial charge in [-0.05, 0) is 25.5 Å². The van der Waals surface area contributed by atoms with Crippen molar-refractivity contribution in [3.8, 4) is 17.2 Å². The Morgan fingerprint density at radius 2 is 1.86 bits per heavy atom. The van der Waals surface area contributed by atoms with Crippen LogP contribution in [0, 0.1) is 0 Å². The monoisotopic (exact) mass is 316 g/mol. The van der Waals surface area contributed by atoms with Crippen LogP contribution in [0.15, 0.2) is 12.1 Å². The Balaban J connectivity index is 0.00000220. The highest BCUT2D eigenvalue weighted by Gasteiger charge is 2.21. The molecule has 0 bridgehead atoms. The average Bonchev–Trinajstić information content (AvgIpc) is 2.46. The van der Waals surface area contributed by atoms with Crippen LogP contribution < -0.4 is 19.9 Å². The number of nitrogens with zero attached hydrogens (tertiary/aromatic N) is 1. The molecule has 0 spiro atoms. The zero-order valence-corrected chi connectivity index (χ0v) is 13.7. The van der Waals surface area contributed by atoms with E-state index < -0.39 is 0 Å². The van der Waals surface area contributed by atoms with Crippen molar-refractivity contribution >= 4 is 12.4 Å². The minimum atomic E-state index is 0. The molecule has 1 heterocycles. The minimum Gasteiger partial charge on any atom is -0.493 e. The van der Waals surface area contributed by atoms with Gasteiger partial charge in [0.25, 0.3) is 0 Å². The molecule has 21 heavy (non-hydrogen) atoms. The van der Waals surface area contributed by atoms with E-state index in [0.29, 0.717) is 11.5 Å². The molecule has 1 atom stereocenters. The normalized spacial score (nSPS) is 18.8. The molecule has 0 aliphatic carbocycles. The fourth-order valence-electron chi connectivity index (χ4n) is 2.76. The van der Waals surface area contributed by atoms with Crippen LogP contribution in [-0.4, -0.2) is 45.4 Å². The molecule has 1 aromatic carbocycles. The van der Waals surface area contributed by atoms with E-state index in [9.17, 15) is 0 Å². The highest BCUT2D eigenvalue weighted by Crippen LogP contribution is 2.40. The van der Waals surface area contributed by atoms with E-state index in [0.717, 1.165) is 43.8 Å². The van der Waals surface area contributed by atoms with Crippen LogP contribution in [0.3, 0.4) is 0 Å². The third-order valence-corrected chi connectivity index (χ3v) is 3.72. The standard InChI is InChI=1S/C15H24N2O3.ClH/c1-18-13-7-6-11(14(19-2)15(13)20-3)9-17-8-4-5-12(16)10-17;/h6-7,12H,4-5,8-10,16H2,1-3H3;1H. The molecule has 2 N–H and O–H groups in total. The summed E-state index contributed by atoms with van der Waals surface area (Å²) in [5.74, 6) is 2.07. The second-order valence-electron chi connectivity index (χ2n) is 5.13. The Hall–Kier alpha value is -1.17. The van der Waals surface area contributed by atoms with Crippen molar-refractivity contribution in [3.05, 3.63) is 17.7 Å². The number of nitrogens with two attached hydrogens (primary N) is 1. The molecule has 1 aliphatic heterocycles. The SMILES string of the molecule is COc1ccc(CN2CCCC(N)C2)c(OC)c1OC.Cl. The van der Waals surface area contributed by atoms with Gasteiger partial charge in [-0.15, -0.1) is 12.4 Å². The van der Waals surface area contributed by atoms with E-state index in [-0.39, 0.29) is 18.4 Å². The average molecular weight is 317 g/mol. The fraction of sp³-hybridized carbons (Fsp3) is 0.600. The molecule has 1 aliphatic rings. The first-order valence-corrected chi connectivity index (χ1v) is 6.95. The minimum absolute atomic E-state index is 0. The van der Waals surface area contributed by atoms with Gasteiger partial charge in [0.1, 0.15) is 0 Å². The lowest BCUT2D eigenvalue weighted by Crippen LogP contribution is -2.42. The summed E-state index contributed by atoms with van der Waals surface area (Å²) >= 11 is 0. The van der Waals surface area contributed by atoms with Gasteiger partial charge in [0, 0.05) is 24.7 Å². The molecular formula is C15H25ClN2O3. The predicted molar refractivity (Wildman–Crippen MR) is 85.8 cm³/mol. The Bertz CT molecular complexity index is 457. The number of ether oxygens (including phenoxy) is 3. The third kappa shape index (κ3) is 4.15. The summed E-state index contributed by atoms with van der Waals surface area (Å²) in [6.45, 7) is 2.82. The van der Waals surface area contributed by atoms with E-state index in [4.69, 9.17) is 19.9 Å². The Morgan fingerprint density at radius 1 is 1.14 bits per heavy atom. The Kier molecular flexibility index (Phi) is 7.08. The molecule has 1 saturated heterocycles. The summed E-state index contributed by atoms with van der Waals surface area (Å²) in [6.07, 6.45) is 2.26. The molecule has 5 nitrogen and oxygen atoms in total. The van der Waals surface area contributed by atoms with Crippen LogP contribution in [0.25, 0.3) is 0 Å². The summed E-state index contributed by atoms with van der Waals surface area (Å²) < 4.78 is 16.2. The quantitative estimate of drug-likeness (QED) is 0.901. The molecule has 120 valence electrons. The van der Waals surface area contributed by atoms with E-state index in [1.54, 1.807) is 21.3 Å². The van der Waals surface area contributed by atoms with Gasteiger partial charge < -0.3 is 19.9 Å². The number of likely N-dealkylation sites (tertiary alicyclic amines) is 1. The maximum atomic E-state index is 6.03. The van der Waals surface area contributed by atoms with Crippen molar-refractivity contribution in [1.82, 2.24) is 4.90 Å². The number of piperidine rings is 1. The number of halogens is 1. The van der Waals surface area contributed by atoms with Gasteiger partial charge >= 0.3 is 0 Å². The van der Waals surface area contributed by atoms with Crippen molar-refractivity contribution in [2.75, 3.05) is 34.4 Å². The molecular weight excluding hydrogens is 292 g/mol. The van der Waals surface area contributed by atoms with Crippen LogP contribution >= 0.6 is 12.4 Å². The van der Waals surface area contributed by atoms with Crippen molar-refractivity contribution < 1.29 is 14.2 Å². The van der Waals surface area contributed by atoms with Gasteiger partial charge in [-0.1, -0.05) is 6.07 Å². The van der Waals surface area contributed by atoms with Crippen molar-refractivity contribution in [2.24, 2.45) is 5.73 Å². The van der Waals surface area contributed by atoms with Crippen molar-refractivity contribution in [1.29, 1.82) is 0 Å². The maximum Gasteiger partial charge on any atom is 0.203 e. The summed E-state index contributed by atoms with van der Waals surface area (Å²) in [6, 6.07) is 4.22. The largest absolute Gasteiger partial charge is 0.493 e. The first-order valence-electron chi connectivity index (χ1n) is 6.95. The van der Waals surface area contributed by atoms with Gasteiger partial charge in [-0.25, -0.2) is 0 Å². The predicted octanol–water partition coefficient (Wildman–Crippen LogP) is 2.06. The van der Waals surface area contributed by atoms with E-state index in [1.807, 2.05) is 12.1 Å². The topological polar surface area (TPSA) is 57.0 Å². The van der Waals surface area contributed by atoms with Crippen molar-refractivity contribution in [3.63, 3.8) is 0 Å². The molecule has 6 heteroatoms. The first-order chi connectivity index (χ1) is 9.69.